The zero-order chi connectivity index (χ0) is 22.3. The van der Waals surface area contributed by atoms with E-state index < -0.39 is 10.0 Å². The van der Waals surface area contributed by atoms with Gasteiger partial charge in [-0.25, -0.2) is 8.42 Å². The van der Waals surface area contributed by atoms with Gasteiger partial charge in [0.05, 0.1) is 26.3 Å². The molecule has 1 aliphatic heterocycles. The van der Waals surface area contributed by atoms with E-state index in [2.05, 4.69) is 5.32 Å². The molecule has 1 N–H and O–H groups in total. The monoisotopic (exact) mass is 474 g/mol. The van der Waals surface area contributed by atoms with Crippen molar-refractivity contribution in [1.82, 2.24) is 0 Å². The molecule has 1 atom stereocenters. The van der Waals surface area contributed by atoms with Gasteiger partial charge in [-0.15, -0.1) is 0 Å². The number of fused-ring (bicyclic) bond motifs is 1. The second-order valence-corrected chi connectivity index (χ2v) is 10.2. The summed E-state index contributed by atoms with van der Waals surface area (Å²) in [7, 11) is -3.71. The number of amides is 1. The Hall–Kier alpha value is -2.54. The first-order chi connectivity index (χ1) is 14.7. The van der Waals surface area contributed by atoms with Crippen molar-refractivity contribution in [3.8, 4) is 0 Å². The van der Waals surface area contributed by atoms with Crippen LogP contribution in [0.4, 0.5) is 11.4 Å². The number of anilines is 2. The van der Waals surface area contributed by atoms with Crippen LogP contribution in [0.15, 0.2) is 65.6 Å². The third-order valence-corrected chi connectivity index (χ3v) is 7.85. The molecule has 0 aromatic heterocycles. The molecule has 3 aromatic rings. The molecule has 0 spiro atoms. The van der Waals surface area contributed by atoms with Crippen LogP contribution >= 0.6 is 23.2 Å². The number of rotatable bonds is 4. The molecule has 0 bridgehead atoms. The van der Waals surface area contributed by atoms with E-state index in [4.69, 9.17) is 23.2 Å². The molecule has 1 heterocycles. The van der Waals surface area contributed by atoms with Gasteiger partial charge in [-0.05, 0) is 68.3 Å². The molecule has 0 aliphatic carbocycles. The highest BCUT2D eigenvalue weighted by Crippen LogP contribution is 2.38. The lowest BCUT2D eigenvalue weighted by Crippen LogP contribution is -2.35. The summed E-state index contributed by atoms with van der Waals surface area (Å²) in [5.41, 5.74) is 3.11. The van der Waals surface area contributed by atoms with Gasteiger partial charge in [-0.3, -0.25) is 9.10 Å². The summed E-state index contributed by atoms with van der Waals surface area (Å²) in [5, 5.41) is 3.41. The number of carbonyl (C=O) groups excluding carboxylic acids is 1. The number of para-hydroxylation sites is 1. The van der Waals surface area contributed by atoms with Crippen LogP contribution in [0, 0.1) is 6.92 Å². The molecule has 1 amide bonds. The third-order valence-electron chi connectivity index (χ3n) is 5.27. The first kappa shape index (κ1) is 21.7. The minimum Gasteiger partial charge on any atom is -0.319 e. The van der Waals surface area contributed by atoms with Crippen LogP contribution < -0.4 is 9.62 Å². The molecule has 3 aromatic carbocycles. The third kappa shape index (κ3) is 4.03. The summed E-state index contributed by atoms with van der Waals surface area (Å²) in [6.07, 6.45) is 0.508. The minimum atomic E-state index is -3.71. The fourth-order valence-corrected chi connectivity index (χ4v) is 5.92. The molecule has 4 rings (SSSR count). The molecule has 31 heavy (non-hydrogen) atoms. The van der Waals surface area contributed by atoms with Crippen molar-refractivity contribution in [3.63, 3.8) is 0 Å². The molecule has 1 aliphatic rings. The predicted octanol–water partition coefficient (Wildman–Crippen LogP) is 5.69. The highest BCUT2D eigenvalue weighted by molar-refractivity contribution is 7.92. The summed E-state index contributed by atoms with van der Waals surface area (Å²) >= 11 is 12.3. The number of halogens is 2. The number of carbonyl (C=O) groups is 1. The summed E-state index contributed by atoms with van der Waals surface area (Å²) < 4.78 is 28.0. The Balaban J connectivity index is 1.65. The first-order valence-corrected chi connectivity index (χ1v) is 11.9. The molecule has 8 heteroatoms. The number of hydrogen-bond acceptors (Lipinski definition) is 3. The standard InChI is InChI=1S/C23H20Cl2N2O3S/c1-14-6-9-18(10-7-14)31(29,30)27-15(2)12-17-13-16(8-11-21(17)27)23(28)26-22-19(24)4-3-5-20(22)25/h3-11,13,15H,12H2,1-2H3,(H,26,28)/t15-/m0/s1. The highest BCUT2D eigenvalue weighted by Gasteiger charge is 2.36. The number of nitrogens with zero attached hydrogens (tertiary/aromatic N) is 1. The van der Waals surface area contributed by atoms with Crippen molar-refractivity contribution in [2.24, 2.45) is 0 Å². The van der Waals surface area contributed by atoms with E-state index in [0.29, 0.717) is 33.4 Å². The molecule has 0 unspecified atom stereocenters. The first-order valence-electron chi connectivity index (χ1n) is 9.68. The molecule has 5 nitrogen and oxygen atoms in total. The Labute approximate surface area is 191 Å². The normalized spacial score (nSPS) is 15.6. The van der Waals surface area contributed by atoms with Crippen LogP contribution in [0.5, 0.6) is 0 Å². The Morgan fingerprint density at radius 1 is 1.03 bits per heavy atom. The number of benzene rings is 3. The van der Waals surface area contributed by atoms with Gasteiger partial charge >= 0.3 is 0 Å². The van der Waals surface area contributed by atoms with Crippen molar-refractivity contribution >= 4 is 50.5 Å². The lowest BCUT2D eigenvalue weighted by atomic mass is 10.1. The van der Waals surface area contributed by atoms with Crippen LogP contribution in [-0.2, 0) is 16.4 Å². The molecular formula is C23H20Cl2N2O3S. The number of sulfonamides is 1. The topological polar surface area (TPSA) is 66.5 Å². The average molecular weight is 475 g/mol. The van der Waals surface area contributed by atoms with E-state index in [0.717, 1.165) is 11.1 Å². The average Bonchev–Trinajstić information content (AvgIpc) is 3.06. The molecule has 0 saturated heterocycles. The van der Waals surface area contributed by atoms with E-state index in [9.17, 15) is 13.2 Å². The zero-order valence-corrected chi connectivity index (χ0v) is 19.2. The second kappa shape index (κ2) is 8.19. The van der Waals surface area contributed by atoms with Crippen molar-refractivity contribution in [2.45, 2.75) is 31.2 Å². The van der Waals surface area contributed by atoms with E-state index >= 15 is 0 Å². The van der Waals surface area contributed by atoms with Gasteiger partial charge in [0.1, 0.15) is 0 Å². The summed E-state index contributed by atoms with van der Waals surface area (Å²) in [6.45, 7) is 3.77. The van der Waals surface area contributed by atoms with Crippen LogP contribution in [0.25, 0.3) is 0 Å². The van der Waals surface area contributed by atoms with Crippen molar-refractivity contribution in [1.29, 1.82) is 0 Å². The fraction of sp³-hybridized carbons (Fsp3) is 0.174. The minimum absolute atomic E-state index is 0.244. The van der Waals surface area contributed by atoms with Gasteiger partial charge in [0.25, 0.3) is 15.9 Å². The van der Waals surface area contributed by atoms with Crippen LogP contribution in [0.3, 0.4) is 0 Å². The van der Waals surface area contributed by atoms with Crippen LogP contribution in [0.2, 0.25) is 10.0 Å². The van der Waals surface area contributed by atoms with Gasteiger partial charge in [0.15, 0.2) is 0 Å². The summed E-state index contributed by atoms with van der Waals surface area (Å²) in [5.74, 6) is -0.370. The Kier molecular flexibility index (Phi) is 5.73. The SMILES string of the molecule is Cc1ccc(S(=O)(=O)N2c3ccc(C(=O)Nc4c(Cl)cccc4Cl)cc3C[C@@H]2C)cc1. The highest BCUT2D eigenvalue weighted by atomic mass is 35.5. The van der Waals surface area contributed by atoms with Gasteiger partial charge in [-0.2, -0.15) is 0 Å². The Morgan fingerprint density at radius 2 is 1.68 bits per heavy atom. The van der Waals surface area contributed by atoms with Crippen LogP contribution in [0.1, 0.15) is 28.4 Å². The van der Waals surface area contributed by atoms with Crippen molar-refractivity contribution in [3.05, 3.63) is 87.4 Å². The maximum atomic E-state index is 13.3. The van der Waals surface area contributed by atoms with Gasteiger partial charge in [0.2, 0.25) is 0 Å². The Morgan fingerprint density at radius 3 is 2.32 bits per heavy atom. The van der Waals surface area contributed by atoms with Crippen LogP contribution in [-0.4, -0.2) is 20.4 Å². The Bertz CT molecular complexity index is 1250. The maximum absolute atomic E-state index is 13.3. The molecule has 0 fully saturated rings. The number of aryl methyl sites for hydroxylation is 1. The molecule has 0 radical (unpaired) electrons. The van der Waals surface area contributed by atoms with Gasteiger partial charge in [0, 0.05) is 11.6 Å². The lowest BCUT2D eigenvalue weighted by molar-refractivity contribution is 0.102. The van der Waals surface area contributed by atoms with E-state index in [1.165, 1.54) is 4.31 Å². The number of hydrogen-bond donors (Lipinski definition) is 1. The van der Waals surface area contributed by atoms with E-state index in [-0.39, 0.29) is 16.8 Å². The largest absolute Gasteiger partial charge is 0.319 e. The fourth-order valence-electron chi connectivity index (χ4n) is 3.74. The predicted molar refractivity (Wildman–Crippen MR) is 125 cm³/mol. The molecular weight excluding hydrogens is 455 g/mol. The smallest absolute Gasteiger partial charge is 0.264 e. The molecule has 160 valence electrons. The zero-order valence-electron chi connectivity index (χ0n) is 16.9. The maximum Gasteiger partial charge on any atom is 0.264 e. The summed E-state index contributed by atoms with van der Waals surface area (Å²) in [4.78, 5) is 13.0. The van der Waals surface area contributed by atoms with E-state index in [1.54, 1.807) is 60.7 Å². The van der Waals surface area contributed by atoms with Gasteiger partial charge < -0.3 is 5.32 Å². The van der Waals surface area contributed by atoms with E-state index in [1.807, 2.05) is 13.8 Å². The van der Waals surface area contributed by atoms with Crippen molar-refractivity contribution in [2.75, 3.05) is 9.62 Å². The summed E-state index contributed by atoms with van der Waals surface area (Å²) in [6, 6.07) is 16.5. The van der Waals surface area contributed by atoms with Gasteiger partial charge in [-0.1, -0.05) is 47.0 Å². The number of nitrogens with one attached hydrogen (secondary N) is 1. The van der Waals surface area contributed by atoms with Crippen molar-refractivity contribution < 1.29 is 13.2 Å². The second-order valence-electron chi connectivity index (χ2n) is 7.56. The quantitative estimate of drug-likeness (QED) is 0.527. The molecule has 0 saturated carbocycles. The lowest BCUT2D eigenvalue weighted by Gasteiger charge is -2.24.